The third kappa shape index (κ3) is 5.89. The van der Waals surface area contributed by atoms with Crippen molar-refractivity contribution in [2.24, 2.45) is 11.8 Å². The lowest BCUT2D eigenvalue weighted by Crippen LogP contribution is -2.49. The summed E-state index contributed by atoms with van der Waals surface area (Å²) in [6, 6.07) is 21.5. The van der Waals surface area contributed by atoms with Crippen LogP contribution in [0.15, 0.2) is 72.9 Å². The molecule has 7 nitrogen and oxygen atoms in total. The number of aromatic hydroxyl groups is 1. The lowest BCUT2D eigenvalue weighted by Gasteiger charge is -2.36. The molecule has 4 aromatic rings. The fraction of sp³-hybridized carbons (Fsp3) is 0.333. The summed E-state index contributed by atoms with van der Waals surface area (Å²) in [5.74, 6) is -0.412. The zero-order chi connectivity index (χ0) is 27.5. The number of hydrogen-bond donors (Lipinski definition) is 4. The van der Waals surface area contributed by atoms with E-state index in [1.807, 2.05) is 36.5 Å². The van der Waals surface area contributed by atoms with Gasteiger partial charge < -0.3 is 20.7 Å². The number of phenolic OH excluding ortho intramolecular Hbond substituents is 1. The van der Waals surface area contributed by atoms with Gasteiger partial charge in [-0.3, -0.25) is 14.5 Å². The quantitative estimate of drug-likeness (QED) is 0.260. The molecule has 2 amide bonds. The topological polar surface area (TPSA) is 97.5 Å². The Hall–Kier alpha value is -4.10. The van der Waals surface area contributed by atoms with Gasteiger partial charge in [0.1, 0.15) is 5.75 Å². The van der Waals surface area contributed by atoms with Crippen molar-refractivity contribution in [2.75, 3.05) is 25.0 Å². The average molecular weight is 537 g/mol. The molecule has 2 heterocycles. The Morgan fingerprint density at radius 2 is 1.70 bits per heavy atom. The largest absolute Gasteiger partial charge is 0.508 e. The maximum Gasteiger partial charge on any atom is 0.228 e. The van der Waals surface area contributed by atoms with E-state index in [1.54, 1.807) is 12.1 Å². The number of anilines is 1. The summed E-state index contributed by atoms with van der Waals surface area (Å²) >= 11 is 0. The molecule has 2 aliphatic rings. The molecule has 40 heavy (non-hydrogen) atoms. The van der Waals surface area contributed by atoms with E-state index in [4.69, 9.17) is 0 Å². The van der Waals surface area contributed by atoms with Crippen LogP contribution in [0, 0.1) is 11.8 Å². The molecule has 7 heteroatoms. The summed E-state index contributed by atoms with van der Waals surface area (Å²) in [6.45, 7) is 2.32. The number of amides is 2. The van der Waals surface area contributed by atoms with Gasteiger partial charge in [-0.2, -0.15) is 0 Å². The molecule has 0 saturated carbocycles. The standard InChI is InChI=1S/C33H36N4O3/c38-29-12-8-22(9-13-29)19-37-20-26(32(39)34-15-14-25-18-35-31-7-2-1-6-30(25)31)16-27(21-37)33(40)36-28-11-10-23-4-3-5-24(23)17-28/h1-2,6-13,17-18,26-27,35,38H,3-5,14-16,19-21H2,(H,34,39)(H,36,40)/t26-,27+/m0/s1. The van der Waals surface area contributed by atoms with E-state index in [9.17, 15) is 14.7 Å². The van der Waals surface area contributed by atoms with Crippen LogP contribution in [0.3, 0.4) is 0 Å². The Bertz CT molecular complexity index is 1510. The molecule has 206 valence electrons. The van der Waals surface area contributed by atoms with E-state index in [1.165, 1.54) is 28.5 Å². The number of carbonyl (C=O) groups excluding carboxylic acids is 2. The van der Waals surface area contributed by atoms with E-state index in [0.717, 1.165) is 36.0 Å². The number of benzene rings is 3. The van der Waals surface area contributed by atoms with Crippen molar-refractivity contribution in [1.82, 2.24) is 15.2 Å². The molecule has 0 spiro atoms. The molecular formula is C33H36N4O3. The number of aromatic nitrogens is 1. The molecule has 0 bridgehead atoms. The molecule has 1 fully saturated rings. The predicted molar refractivity (Wildman–Crippen MR) is 157 cm³/mol. The summed E-state index contributed by atoms with van der Waals surface area (Å²) in [4.78, 5) is 32.3. The number of phenols is 1. The van der Waals surface area contributed by atoms with Gasteiger partial charge in [-0.15, -0.1) is 0 Å². The van der Waals surface area contributed by atoms with Crippen molar-refractivity contribution in [3.63, 3.8) is 0 Å². The fourth-order valence-electron chi connectivity index (χ4n) is 6.26. The predicted octanol–water partition coefficient (Wildman–Crippen LogP) is 4.80. The lowest BCUT2D eigenvalue weighted by molar-refractivity contribution is -0.130. The van der Waals surface area contributed by atoms with Gasteiger partial charge in [0, 0.05) is 49.0 Å². The minimum absolute atomic E-state index is 0.00872. The van der Waals surface area contributed by atoms with Crippen LogP contribution in [0.4, 0.5) is 5.69 Å². The van der Waals surface area contributed by atoms with Gasteiger partial charge in [-0.05, 0) is 84.7 Å². The number of carbonyl (C=O) groups is 2. The second kappa shape index (κ2) is 11.6. The third-order valence-corrected chi connectivity index (χ3v) is 8.34. The number of nitrogens with one attached hydrogen (secondary N) is 3. The molecule has 2 atom stereocenters. The molecule has 1 aromatic heterocycles. The second-order valence-electron chi connectivity index (χ2n) is 11.2. The van der Waals surface area contributed by atoms with Crippen molar-refractivity contribution < 1.29 is 14.7 Å². The maximum absolute atomic E-state index is 13.5. The van der Waals surface area contributed by atoms with Crippen LogP contribution in [-0.4, -0.2) is 46.4 Å². The molecule has 1 aliphatic heterocycles. The summed E-state index contributed by atoms with van der Waals surface area (Å²) in [5.41, 5.74) is 6.85. The highest BCUT2D eigenvalue weighted by Crippen LogP contribution is 2.28. The number of rotatable bonds is 8. The molecule has 0 radical (unpaired) electrons. The maximum atomic E-state index is 13.5. The zero-order valence-electron chi connectivity index (χ0n) is 22.7. The first kappa shape index (κ1) is 26.1. The van der Waals surface area contributed by atoms with Crippen LogP contribution in [0.2, 0.25) is 0 Å². The van der Waals surface area contributed by atoms with Gasteiger partial charge in [0.05, 0.1) is 11.8 Å². The number of fused-ring (bicyclic) bond motifs is 2. The Kier molecular flexibility index (Phi) is 7.55. The number of likely N-dealkylation sites (tertiary alicyclic amines) is 1. The van der Waals surface area contributed by atoms with Crippen LogP contribution in [0.1, 0.15) is 35.1 Å². The first-order valence-electron chi connectivity index (χ1n) is 14.3. The van der Waals surface area contributed by atoms with Crippen LogP contribution >= 0.6 is 0 Å². The normalized spacial score (nSPS) is 18.9. The molecule has 6 rings (SSSR count). The third-order valence-electron chi connectivity index (χ3n) is 8.34. The highest BCUT2D eigenvalue weighted by Gasteiger charge is 2.35. The van der Waals surface area contributed by atoms with Crippen LogP contribution in [0.5, 0.6) is 5.75 Å². The Morgan fingerprint density at radius 1 is 0.925 bits per heavy atom. The van der Waals surface area contributed by atoms with Crippen molar-refractivity contribution >= 4 is 28.4 Å². The molecule has 1 saturated heterocycles. The minimum Gasteiger partial charge on any atom is -0.508 e. The number of aromatic amines is 1. The first-order valence-corrected chi connectivity index (χ1v) is 14.3. The number of H-pyrrole nitrogens is 1. The number of para-hydroxylation sites is 1. The summed E-state index contributed by atoms with van der Waals surface area (Å²) in [6.07, 6.45) is 6.59. The van der Waals surface area contributed by atoms with Gasteiger partial charge >= 0.3 is 0 Å². The Morgan fingerprint density at radius 3 is 2.55 bits per heavy atom. The molecule has 1 aliphatic carbocycles. The van der Waals surface area contributed by atoms with Crippen molar-refractivity contribution in [1.29, 1.82) is 0 Å². The van der Waals surface area contributed by atoms with Crippen molar-refractivity contribution in [2.45, 2.75) is 38.6 Å². The smallest absolute Gasteiger partial charge is 0.228 e. The Balaban J connectivity index is 1.12. The SMILES string of the molecule is O=C(NCCc1c[nH]c2ccccc12)[C@H]1C[C@@H](C(=O)Nc2ccc3c(c2)CCC3)CN(Cc2ccc(O)cc2)C1. The molecule has 4 N–H and O–H groups in total. The average Bonchev–Trinajstić information content (AvgIpc) is 3.61. The van der Waals surface area contributed by atoms with E-state index >= 15 is 0 Å². The van der Waals surface area contributed by atoms with Gasteiger partial charge in [0.25, 0.3) is 0 Å². The summed E-state index contributed by atoms with van der Waals surface area (Å²) < 4.78 is 0. The zero-order valence-corrected chi connectivity index (χ0v) is 22.7. The molecule has 0 unspecified atom stereocenters. The second-order valence-corrected chi connectivity index (χ2v) is 11.2. The number of nitrogens with zero attached hydrogens (tertiary/aromatic N) is 1. The van der Waals surface area contributed by atoms with E-state index in [0.29, 0.717) is 32.6 Å². The van der Waals surface area contributed by atoms with E-state index in [2.05, 4.69) is 44.8 Å². The van der Waals surface area contributed by atoms with Gasteiger partial charge in [-0.25, -0.2) is 0 Å². The van der Waals surface area contributed by atoms with Gasteiger partial charge in [0.15, 0.2) is 0 Å². The van der Waals surface area contributed by atoms with Gasteiger partial charge in [0.2, 0.25) is 11.8 Å². The van der Waals surface area contributed by atoms with E-state index in [-0.39, 0.29) is 29.4 Å². The highest BCUT2D eigenvalue weighted by atomic mass is 16.3. The fourth-order valence-corrected chi connectivity index (χ4v) is 6.26. The number of hydrogen-bond acceptors (Lipinski definition) is 4. The highest BCUT2D eigenvalue weighted by molar-refractivity contribution is 5.93. The van der Waals surface area contributed by atoms with Crippen LogP contribution in [0.25, 0.3) is 10.9 Å². The van der Waals surface area contributed by atoms with Crippen molar-refractivity contribution in [3.8, 4) is 5.75 Å². The van der Waals surface area contributed by atoms with Gasteiger partial charge in [-0.1, -0.05) is 36.4 Å². The lowest BCUT2D eigenvalue weighted by atomic mass is 9.87. The summed E-state index contributed by atoms with van der Waals surface area (Å²) in [5, 5.41) is 17.1. The van der Waals surface area contributed by atoms with Crippen molar-refractivity contribution in [3.05, 3.63) is 95.2 Å². The van der Waals surface area contributed by atoms with Crippen LogP contribution in [-0.2, 0) is 35.4 Å². The minimum atomic E-state index is -0.302. The summed E-state index contributed by atoms with van der Waals surface area (Å²) in [7, 11) is 0. The van der Waals surface area contributed by atoms with E-state index < -0.39 is 0 Å². The Labute approximate surface area is 234 Å². The monoisotopic (exact) mass is 536 g/mol. The number of piperidine rings is 1. The van der Waals surface area contributed by atoms with Crippen LogP contribution < -0.4 is 10.6 Å². The molecule has 3 aromatic carbocycles. The first-order chi connectivity index (χ1) is 19.5. The number of aryl methyl sites for hydroxylation is 2. The molecular weight excluding hydrogens is 500 g/mol.